The number of methoxy groups -OCH3 is 1. The number of ether oxygens (including phenoxy) is 2. The largest absolute Gasteiger partial charge is 0.480 e. The molecule has 0 saturated heterocycles. The highest BCUT2D eigenvalue weighted by atomic mass is 127. The van der Waals surface area contributed by atoms with E-state index in [-0.39, 0.29) is 28.8 Å². The summed E-state index contributed by atoms with van der Waals surface area (Å²) < 4.78 is 56.0. The molecule has 224 valence electrons. The van der Waals surface area contributed by atoms with Crippen LogP contribution in [-0.4, -0.2) is 48.9 Å². The molecule has 14 heteroatoms. The van der Waals surface area contributed by atoms with E-state index in [9.17, 15) is 13.6 Å². The Labute approximate surface area is 259 Å². The summed E-state index contributed by atoms with van der Waals surface area (Å²) in [6, 6.07) is 12.5. The number of hydrogen-bond acceptors (Lipinski definition) is 7. The average molecular weight is 705 g/mol. The number of aryl methyl sites for hydroxylation is 3. The van der Waals surface area contributed by atoms with Gasteiger partial charge in [-0.15, -0.1) is 5.10 Å². The molecule has 10 nitrogen and oxygen atoms in total. The van der Waals surface area contributed by atoms with Crippen LogP contribution >= 0.6 is 22.9 Å². The molecule has 5 aromatic rings. The van der Waals surface area contributed by atoms with Crippen LogP contribution in [0, 0.1) is 12.7 Å². The van der Waals surface area contributed by atoms with Gasteiger partial charge < -0.3 is 14.0 Å². The summed E-state index contributed by atoms with van der Waals surface area (Å²) in [5.41, 5.74) is 2.53. The van der Waals surface area contributed by atoms with Crippen LogP contribution in [0.1, 0.15) is 52.6 Å². The molecule has 0 spiro atoms. The Morgan fingerprint density at radius 3 is 2.47 bits per heavy atom. The molecule has 0 aliphatic carbocycles. The SMILES string of the molecule is CCn1cnc(N(I)C(=O)c2cc3c(nc2OC)nc(C(c2ccc(OC(F)F)cc2C)c2ccccc2F)n3CC)n1. The lowest BCUT2D eigenvalue weighted by Crippen LogP contribution is -2.22. The van der Waals surface area contributed by atoms with E-state index in [0.717, 1.165) is 0 Å². The zero-order valence-corrected chi connectivity index (χ0v) is 25.8. The fraction of sp³-hybridized carbons (Fsp3) is 0.276. The van der Waals surface area contributed by atoms with E-state index in [1.165, 1.54) is 34.7 Å². The van der Waals surface area contributed by atoms with Crippen molar-refractivity contribution in [1.82, 2.24) is 29.3 Å². The van der Waals surface area contributed by atoms with E-state index >= 15 is 4.39 Å². The van der Waals surface area contributed by atoms with E-state index in [1.54, 1.807) is 41.9 Å². The molecule has 0 N–H and O–H groups in total. The third kappa shape index (κ3) is 5.87. The number of alkyl halides is 2. The van der Waals surface area contributed by atoms with E-state index in [0.29, 0.717) is 41.1 Å². The van der Waals surface area contributed by atoms with Gasteiger partial charge in [0.05, 0.1) is 41.4 Å². The second-order valence-corrected chi connectivity index (χ2v) is 10.4. The maximum Gasteiger partial charge on any atom is 0.387 e. The minimum Gasteiger partial charge on any atom is -0.480 e. The van der Waals surface area contributed by atoms with Crippen molar-refractivity contribution in [3.63, 3.8) is 0 Å². The number of carbonyl (C=O) groups excluding carboxylic acids is 1. The summed E-state index contributed by atoms with van der Waals surface area (Å²) in [5, 5.41) is 4.30. The summed E-state index contributed by atoms with van der Waals surface area (Å²) in [6.07, 6.45) is 1.53. The van der Waals surface area contributed by atoms with Crippen molar-refractivity contribution in [2.24, 2.45) is 0 Å². The first-order valence-corrected chi connectivity index (χ1v) is 14.3. The zero-order chi connectivity index (χ0) is 30.8. The Morgan fingerprint density at radius 2 is 1.84 bits per heavy atom. The Morgan fingerprint density at radius 1 is 1.07 bits per heavy atom. The second kappa shape index (κ2) is 12.6. The predicted octanol–water partition coefficient (Wildman–Crippen LogP) is 6.30. The van der Waals surface area contributed by atoms with Crippen LogP contribution in [0.2, 0.25) is 0 Å². The molecule has 5 rings (SSSR count). The number of hydrogen-bond donors (Lipinski definition) is 0. The molecule has 2 aromatic carbocycles. The number of amides is 1. The van der Waals surface area contributed by atoms with Gasteiger partial charge in [0.2, 0.25) is 5.88 Å². The molecule has 1 amide bonds. The third-order valence-corrected chi connectivity index (χ3v) is 7.80. The summed E-state index contributed by atoms with van der Waals surface area (Å²) in [6.45, 7) is 3.55. The van der Waals surface area contributed by atoms with Gasteiger partial charge in [-0.2, -0.15) is 18.7 Å². The lowest BCUT2D eigenvalue weighted by Gasteiger charge is -2.22. The van der Waals surface area contributed by atoms with Crippen LogP contribution in [0.4, 0.5) is 19.1 Å². The maximum absolute atomic E-state index is 15.4. The smallest absolute Gasteiger partial charge is 0.387 e. The van der Waals surface area contributed by atoms with Gasteiger partial charge in [-0.05, 0) is 56.2 Å². The summed E-state index contributed by atoms with van der Waals surface area (Å²) in [5.74, 6) is -0.977. The van der Waals surface area contributed by atoms with Gasteiger partial charge in [0.1, 0.15) is 29.3 Å². The lowest BCUT2D eigenvalue weighted by atomic mass is 9.87. The van der Waals surface area contributed by atoms with Gasteiger partial charge in [0.15, 0.2) is 5.65 Å². The molecule has 3 heterocycles. The molecule has 0 aliphatic heterocycles. The zero-order valence-electron chi connectivity index (χ0n) is 23.6. The number of nitrogens with zero attached hydrogens (tertiary/aromatic N) is 7. The van der Waals surface area contributed by atoms with Gasteiger partial charge >= 0.3 is 6.61 Å². The van der Waals surface area contributed by atoms with Crippen LogP contribution < -0.4 is 12.6 Å². The van der Waals surface area contributed by atoms with E-state index in [1.807, 2.05) is 41.3 Å². The molecule has 1 atom stereocenters. The first-order chi connectivity index (χ1) is 20.7. The minimum absolute atomic E-state index is 0.0105. The van der Waals surface area contributed by atoms with Gasteiger partial charge in [-0.25, -0.2) is 12.5 Å². The van der Waals surface area contributed by atoms with Gasteiger partial charge in [-0.1, -0.05) is 24.3 Å². The molecule has 1 unspecified atom stereocenters. The highest BCUT2D eigenvalue weighted by Gasteiger charge is 2.30. The first-order valence-electron chi connectivity index (χ1n) is 13.3. The number of benzene rings is 2. The van der Waals surface area contributed by atoms with Gasteiger partial charge in [0, 0.05) is 18.7 Å². The Kier molecular flexibility index (Phi) is 8.84. The normalized spacial score (nSPS) is 12.1. The van der Waals surface area contributed by atoms with E-state index in [2.05, 4.69) is 19.8 Å². The van der Waals surface area contributed by atoms with Crippen LogP contribution in [-0.2, 0) is 13.1 Å². The topological polar surface area (TPSA) is 100 Å². The van der Waals surface area contributed by atoms with Gasteiger partial charge in [-0.3, -0.25) is 9.48 Å². The van der Waals surface area contributed by atoms with E-state index < -0.39 is 24.3 Å². The van der Waals surface area contributed by atoms with Crippen molar-refractivity contribution in [3.8, 4) is 11.6 Å². The van der Waals surface area contributed by atoms with Gasteiger partial charge in [0.25, 0.3) is 11.9 Å². The van der Waals surface area contributed by atoms with Crippen molar-refractivity contribution in [1.29, 1.82) is 0 Å². The molecular formula is C29H27F3IN7O3. The number of carbonyl (C=O) groups is 1. The Bertz CT molecular complexity index is 1790. The standard InChI is InChI=1S/C29H27F3IN7O3/c1-5-38-15-34-29(37-38)40(33)27(41)20-14-22-24(36-26(20)42-4)35-25(39(22)6-2)23(19-9-7-8-10-21(19)30)18-12-11-17(13-16(18)3)43-28(31)32/h7-15,23,28H,5-6H2,1-4H3. The highest BCUT2D eigenvalue weighted by Crippen LogP contribution is 2.38. The van der Waals surface area contributed by atoms with Crippen LogP contribution in [0.5, 0.6) is 11.6 Å². The fourth-order valence-corrected chi connectivity index (χ4v) is 5.42. The predicted molar refractivity (Wildman–Crippen MR) is 161 cm³/mol. The number of halogens is 4. The number of fused-ring (bicyclic) bond motifs is 1. The number of anilines is 1. The monoisotopic (exact) mass is 705 g/mol. The molecule has 0 radical (unpaired) electrons. The van der Waals surface area contributed by atoms with Crippen molar-refractivity contribution >= 4 is 45.9 Å². The minimum atomic E-state index is -2.98. The quantitative estimate of drug-likeness (QED) is 0.124. The van der Waals surface area contributed by atoms with Crippen molar-refractivity contribution in [3.05, 3.63) is 88.8 Å². The summed E-state index contributed by atoms with van der Waals surface area (Å²) in [4.78, 5) is 27.2. The van der Waals surface area contributed by atoms with Crippen molar-refractivity contribution in [2.45, 2.75) is 46.4 Å². The van der Waals surface area contributed by atoms with Crippen LogP contribution in [0.3, 0.4) is 0 Å². The number of imidazole rings is 1. The molecule has 0 aliphatic rings. The molecule has 43 heavy (non-hydrogen) atoms. The third-order valence-electron chi connectivity index (χ3n) is 6.93. The Hall–Kier alpha value is -4.21. The molecule has 3 aromatic heterocycles. The molecule has 0 fully saturated rings. The second-order valence-electron chi connectivity index (χ2n) is 9.44. The lowest BCUT2D eigenvalue weighted by molar-refractivity contribution is -0.0498. The van der Waals surface area contributed by atoms with Crippen molar-refractivity contribution in [2.75, 3.05) is 10.2 Å². The van der Waals surface area contributed by atoms with Crippen LogP contribution in [0.25, 0.3) is 11.2 Å². The average Bonchev–Trinajstić information content (AvgIpc) is 3.62. The first kappa shape index (κ1) is 30.3. The number of aromatic nitrogens is 6. The molecule has 0 saturated carbocycles. The molecular weight excluding hydrogens is 678 g/mol. The van der Waals surface area contributed by atoms with Crippen LogP contribution in [0.15, 0.2) is 54.9 Å². The maximum atomic E-state index is 15.4. The van der Waals surface area contributed by atoms with Crippen molar-refractivity contribution < 1.29 is 27.4 Å². The summed E-state index contributed by atoms with van der Waals surface area (Å²) in [7, 11) is 1.40. The number of pyridine rings is 1. The molecule has 0 bridgehead atoms. The Balaban J connectivity index is 1.68. The van der Waals surface area contributed by atoms with E-state index in [4.69, 9.17) is 9.72 Å². The fourth-order valence-electron chi connectivity index (χ4n) is 4.94. The number of rotatable bonds is 10. The summed E-state index contributed by atoms with van der Waals surface area (Å²) >= 11 is 1.83. The highest BCUT2D eigenvalue weighted by molar-refractivity contribution is 14.1.